The Hall–Kier alpha value is -1.19. The molecule has 0 spiro atoms. The zero-order chi connectivity index (χ0) is 14.0. The van der Waals surface area contributed by atoms with Gasteiger partial charge in [-0.05, 0) is 45.7 Å². The first-order valence-corrected chi connectivity index (χ1v) is 7.52. The van der Waals surface area contributed by atoms with Crippen LogP contribution in [0.2, 0.25) is 0 Å². The Balaban J connectivity index is 2.06. The van der Waals surface area contributed by atoms with Crippen molar-refractivity contribution in [3.8, 4) is 0 Å². The molecule has 0 saturated carbocycles. The molecule has 1 aromatic carbocycles. The van der Waals surface area contributed by atoms with E-state index in [0.717, 1.165) is 17.2 Å². The number of hydrogen-bond donors (Lipinski definition) is 1. The third-order valence-electron chi connectivity index (χ3n) is 3.44. The largest absolute Gasteiger partial charge is 0.305 e. The second kappa shape index (κ2) is 5.85. The summed E-state index contributed by atoms with van der Waals surface area (Å²) >= 11 is 1.79. The maximum Gasteiger partial charge on any atom is 0.0900 e. The van der Waals surface area contributed by atoms with Gasteiger partial charge < -0.3 is 5.32 Å². The van der Waals surface area contributed by atoms with E-state index in [4.69, 9.17) is 0 Å². The third-order valence-corrected chi connectivity index (χ3v) is 4.69. The Morgan fingerprint density at radius 1 is 1.21 bits per heavy atom. The van der Waals surface area contributed by atoms with E-state index in [9.17, 15) is 0 Å². The fourth-order valence-electron chi connectivity index (χ4n) is 2.30. The smallest absolute Gasteiger partial charge is 0.0900 e. The van der Waals surface area contributed by atoms with E-state index in [1.54, 1.807) is 11.3 Å². The SMILES string of the molecule is Cc1ccc(C)c(CNC(C)c2sc(C)nc2C)c1. The van der Waals surface area contributed by atoms with Crippen LogP contribution in [0.15, 0.2) is 18.2 Å². The van der Waals surface area contributed by atoms with Crippen LogP contribution in [-0.2, 0) is 6.54 Å². The topological polar surface area (TPSA) is 24.9 Å². The highest BCUT2D eigenvalue weighted by Gasteiger charge is 2.12. The lowest BCUT2D eigenvalue weighted by atomic mass is 10.1. The Bertz CT molecular complexity index is 572. The molecular formula is C16H22N2S. The summed E-state index contributed by atoms with van der Waals surface area (Å²) in [6.07, 6.45) is 0. The van der Waals surface area contributed by atoms with Crippen LogP contribution in [0.4, 0.5) is 0 Å². The predicted octanol–water partition coefficient (Wildman–Crippen LogP) is 4.23. The van der Waals surface area contributed by atoms with Crippen molar-refractivity contribution in [1.82, 2.24) is 10.3 Å². The molecular weight excluding hydrogens is 252 g/mol. The van der Waals surface area contributed by atoms with Gasteiger partial charge in [0, 0.05) is 17.5 Å². The molecule has 1 atom stereocenters. The van der Waals surface area contributed by atoms with Crippen LogP contribution in [0.1, 0.15) is 45.2 Å². The van der Waals surface area contributed by atoms with Crippen LogP contribution in [0.3, 0.4) is 0 Å². The van der Waals surface area contributed by atoms with Gasteiger partial charge >= 0.3 is 0 Å². The molecule has 19 heavy (non-hydrogen) atoms. The number of rotatable bonds is 4. The molecule has 1 aromatic heterocycles. The van der Waals surface area contributed by atoms with Crippen molar-refractivity contribution in [1.29, 1.82) is 0 Å². The van der Waals surface area contributed by atoms with E-state index >= 15 is 0 Å². The second-order valence-corrected chi connectivity index (χ2v) is 6.45. The minimum atomic E-state index is 0.353. The Morgan fingerprint density at radius 3 is 2.58 bits per heavy atom. The van der Waals surface area contributed by atoms with Crippen LogP contribution in [0.25, 0.3) is 0 Å². The highest BCUT2D eigenvalue weighted by molar-refractivity contribution is 7.11. The summed E-state index contributed by atoms with van der Waals surface area (Å²) in [5.41, 5.74) is 5.21. The number of aromatic nitrogens is 1. The molecule has 1 unspecified atom stereocenters. The predicted molar refractivity (Wildman–Crippen MR) is 82.8 cm³/mol. The zero-order valence-corrected chi connectivity index (χ0v) is 13.2. The van der Waals surface area contributed by atoms with E-state index in [0.29, 0.717) is 6.04 Å². The van der Waals surface area contributed by atoms with Gasteiger partial charge in [0.25, 0.3) is 0 Å². The van der Waals surface area contributed by atoms with E-state index in [1.165, 1.54) is 21.6 Å². The molecule has 0 bridgehead atoms. The fourth-order valence-corrected chi connectivity index (χ4v) is 3.25. The van der Waals surface area contributed by atoms with E-state index in [-0.39, 0.29) is 0 Å². The molecule has 1 N–H and O–H groups in total. The average molecular weight is 274 g/mol. The molecule has 0 radical (unpaired) electrons. The summed E-state index contributed by atoms with van der Waals surface area (Å²) < 4.78 is 0. The molecule has 2 aromatic rings. The third kappa shape index (κ3) is 3.43. The van der Waals surface area contributed by atoms with Crippen LogP contribution >= 0.6 is 11.3 Å². The first kappa shape index (κ1) is 14.2. The van der Waals surface area contributed by atoms with Crippen LogP contribution in [0, 0.1) is 27.7 Å². The van der Waals surface area contributed by atoms with Gasteiger partial charge in [-0.15, -0.1) is 11.3 Å². The van der Waals surface area contributed by atoms with Gasteiger partial charge in [-0.3, -0.25) is 0 Å². The average Bonchev–Trinajstić information content (AvgIpc) is 2.69. The van der Waals surface area contributed by atoms with Crippen molar-refractivity contribution in [2.45, 2.75) is 47.2 Å². The van der Waals surface area contributed by atoms with E-state index in [2.05, 4.69) is 63.1 Å². The highest BCUT2D eigenvalue weighted by Crippen LogP contribution is 2.24. The van der Waals surface area contributed by atoms with Crippen molar-refractivity contribution in [3.63, 3.8) is 0 Å². The van der Waals surface area contributed by atoms with Crippen LogP contribution < -0.4 is 5.32 Å². The van der Waals surface area contributed by atoms with Gasteiger partial charge in [0.1, 0.15) is 0 Å². The van der Waals surface area contributed by atoms with Crippen molar-refractivity contribution in [3.05, 3.63) is 50.5 Å². The van der Waals surface area contributed by atoms with Gasteiger partial charge in [0.15, 0.2) is 0 Å². The lowest BCUT2D eigenvalue weighted by Gasteiger charge is -2.14. The maximum absolute atomic E-state index is 4.50. The number of nitrogens with one attached hydrogen (secondary N) is 1. The van der Waals surface area contributed by atoms with Gasteiger partial charge in [0.2, 0.25) is 0 Å². The molecule has 3 heteroatoms. The Kier molecular flexibility index (Phi) is 4.38. The lowest BCUT2D eigenvalue weighted by molar-refractivity contribution is 0.578. The first-order chi connectivity index (χ1) is 8.97. The monoisotopic (exact) mass is 274 g/mol. The summed E-state index contributed by atoms with van der Waals surface area (Å²) in [5.74, 6) is 0. The van der Waals surface area contributed by atoms with Crippen molar-refractivity contribution in [2.24, 2.45) is 0 Å². The minimum Gasteiger partial charge on any atom is -0.305 e. The molecule has 2 rings (SSSR count). The first-order valence-electron chi connectivity index (χ1n) is 6.71. The summed E-state index contributed by atoms with van der Waals surface area (Å²) in [6.45, 7) is 11.6. The second-order valence-electron chi connectivity index (χ2n) is 5.22. The molecule has 1 heterocycles. The summed E-state index contributed by atoms with van der Waals surface area (Å²) in [6, 6.07) is 6.98. The zero-order valence-electron chi connectivity index (χ0n) is 12.4. The minimum absolute atomic E-state index is 0.353. The summed E-state index contributed by atoms with van der Waals surface area (Å²) in [7, 11) is 0. The van der Waals surface area contributed by atoms with Gasteiger partial charge in [0.05, 0.1) is 10.7 Å². The standard InChI is InChI=1S/C16H22N2S/c1-10-6-7-11(2)15(8-10)9-17-12(3)16-13(4)18-14(5)19-16/h6-8,12,17H,9H2,1-5H3. The normalized spacial score (nSPS) is 12.7. The molecule has 0 saturated heterocycles. The molecule has 0 aliphatic rings. The Labute approximate surface area is 119 Å². The number of hydrogen-bond acceptors (Lipinski definition) is 3. The van der Waals surface area contributed by atoms with E-state index in [1.807, 2.05) is 0 Å². The molecule has 0 amide bonds. The van der Waals surface area contributed by atoms with E-state index < -0.39 is 0 Å². The van der Waals surface area contributed by atoms with Crippen molar-refractivity contribution < 1.29 is 0 Å². The number of nitrogens with zero attached hydrogens (tertiary/aromatic N) is 1. The maximum atomic E-state index is 4.50. The fraction of sp³-hybridized carbons (Fsp3) is 0.438. The van der Waals surface area contributed by atoms with Crippen molar-refractivity contribution >= 4 is 11.3 Å². The Morgan fingerprint density at radius 2 is 1.95 bits per heavy atom. The number of thiazole rings is 1. The highest BCUT2D eigenvalue weighted by atomic mass is 32.1. The van der Waals surface area contributed by atoms with Crippen LogP contribution in [0.5, 0.6) is 0 Å². The van der Waals surface area contributed by atoms with Gasteiger partial charge in [-0.2, -0.15) is 0 Å². The quantitative estimate of drug-likeness (QED) is 0.902. The molecule has 0 aliphatic heterocycles. The lowest BCUT2D eigenvalue weighted by Crippen LogP contribution is -2.18. The molecule has 0 aliphatic carbocycles. The summed E-state index contributed by atoms with van der Waals surface area (Å²) in [5, 5.41) is 4.75. The molecule has 102 valence electrons. The molecule has 0 fully saturated rings. The number of aryl methyl sites for hydroxylation is 4. The molecule has 2 nitrogen and oxygen atoms in total. The van der Waals surface area contributed by atoms with Crippen LogP contribution in [-0.4, -0.2) is 4.98 Å². The van der Waals surface area contributed by atoms with Gasteiger partial charge in [-0.25, -0.2) is 4.98 Å². The van der Waals surface area contributed by atoms with Crippen molar-refractivity contribution in [2.75, 3.05) is 0 Å². The number of benzene rings is 1. The summed E-state index contributed by atoms with van der Waals surface area (Å²) in [4.78, 5) is 5.85. The van der Waals surface area contributed by atoms with Gasteiger partial charge in [-0.1, -0.05) is 23.8 Å².